The SMILES string of the molecule is CCCCN1\C(=C/C=C/C=C/C2=[N+](C)C3=C(CCC=C3)C2(C)C)C(C)(C)c2ccccc21. The monoisotopic (exact) mass is 427 g/mol. The van der Waals surface area contributed by atoms with Gasteiger partial charge >= 0.3 is 0 Å². The maximum atomic E-state index is 2.53. The van der Waals surface area contributed by atoms with Crippen LogP contribution in [0.4, 0.5) is 5.69 Å². The molecule has 168 valence electrons. The van der Waals surface area contributed by atoms with E-state index in [0.717, 1.165) is 13.0 Å². The van der Waals surface area contributed by atoms with E-state index in [0.29, 0.717) is 0 Å². The van der Waals surface area contributed by atoms with Gasteiger partial charge in [-0.25, -0.2) is 0 Å². The van der Waals surface area contributed by atoms with Crippen LogP contribution in [-0.4, -0.2) is 23.9 Å². The second-order valence-electron chi connectivity index (χ2n) is 10.3. The highest BCUT2D eigenvalue weighted by Crippen LogP contribution is 2.47. The standard InChI is InChI=1S/C30H39N2/c1-7-8-22-32-26-19-15-13-17-24(26)30(4,5)28(32)21-11-9-10-20-27-29(2,3)23-16-12-14-18-25(23)31(27)6/h9-11,13-15,17-21H,7-8,12,16,22H2,1-6H3/q+1. The number of nitrogens with zero attached hydrogens (tertiary/aromatic N) is 2. The molecule has 1 aromatic rings. The average Bonchev–Trinajstić information content (AvgIpc) is 3.11. The van der Waals surface area contributed by atoms with Crippen molar-refractivity contribution in [3.63, 3.8) is 0 Å². The molecule has 0 radical (unpaired) electrons. The van der Waals surface area contributed by atoms with Crippen molar-refractivity contribution in [3.05, 3.63) is 89.3 Å². The average molecular weight is 428 g/mol. The summed E-state index contributed by atoms with van der Waals surface area (Å²) in [5.74, 6) is 0. The van der Waals surface area contributed by atoms with E-state index in [-0.39, 0.29) is 10.8 Å². The number of benzene rings is 1. The van der Waals surface area contributed by atoms with Crippen molar-refractivity contribution in [1.29, 1.82) is 0 Å². The van der Waals surface area contributed by atoms with Crippen LogP contribution in [0.15, 0.2) is 83.8 Å². The highest BCUT2D eigenvalue weighted by molar-refractivity contribution is 5.99. The summed E-state index contributed by atoms with van der Waals surface area (Å²) in [6, 6.07) is 8.89. The first kappa shape index (κ1) is 22.6. The maximum absolute atomic E-state index is 2.53. The number of likely N-dealkylation sites (N-methyl/N-ethyl adjacent to an activating group) is 1. The topological polar surface area (TPSA) is 6.25 Å². The Bertz CT molecular complexity index is 1070. The van der Waals surface area contributed by atoms with E-state index >= 15 is 0 Å². The maximum Gasteiger partial charge on any atom is 0.205 e. The normalized spacial score (nSPS) is 22.7. The highest BCUT2D eigenvalue weighted by atomic mass is 15.2. The number of anilines is 1. The molecule has 0 saturated heterocycles. The predicted octanol–water partition coefficient (Wildman–Crippen LogP) is 7.31. The number of allylic oxidation sites excluding steroid dienone is 9. The Morgan fingerprint density at radius 2 is 1.81 bits per heavy atom. The highest BCUT2D eigenvalue weighted by Gasteiger charge is 2.44. The smallest absolute Gasteiger partial charge is 0.205 e. The van der Waals surface area contributed by atoms with Gasteiger partial charge in [-0.1, -0.05) is 69.7 Å². The second kappa shape index (κ2) is 8.73. The molecule has 3 aliphatic rings. The molecule has 0 N–H and O–H groups in total. The zero-order valence-electron chi connectivity index (χ0n) is 20.8. The van der Waals surface area contributed by atoms with Crippen molar-refractivity contribution in [2.75, 3.05) is 18.5 Å². The lowest BCUT2D eigenvalue weighted by molar-refractivity contribution is -0.435. The molecule has 0 spiro atoms. The number of para-hydroxylation sites is 1. The van der Waals surface area contributed by atoms with Crippen molar-refractivity contribution in [1.82, 2.24) is 0 Å². The molecule has 0 unspecified atom stereocenters. The number of fused-ring (bicyclic) bond motifs is 1. The first-order valence-corrected chi connectivity index (χ1v) is 12.2. The predicted molar refractivity (Wildman–Crippen MR) is 138 cm³/mol. The van der Waals surface area contributed by atoms with Gasteiger partial charge in [0.2, 0.25) is 5.70 Å². The van der Waals surface area contributed by atoms with Gasteiger partial charge in [0.05, 0.1) is 5.41 Å². The summed E-state index contributed by atoms with van der Waals surface area (Å²) in [6.45, 7) is 12.8. The minimum atomic E-state index is 0.0239. The zero-order valence-corrected chi connectivity index (χ0v) is 20.8. The molecule has 2 nitrogen and oxygen atoms in total. The van der Waals surface area contributed by atoms with Gasteiger partial charge in [-0.15, -0.1) is 0 Å². The molecule has 2 aliphatic heterocycles. The van der Waals surface area contributed by atoms with Crippen LogP contribution in [0.25, 0.3) is 0 Å². The quantitative estimate of drug-likeness (QED) is 0.341. The Balaban J connectivity index is 1.56. The summed E-state index contributed by atoms with van der Waals surface area (Å²) < 4.78 is 2.37. The van der Waals surface area contributed by atoms with Gasteiger partial charge in [0.1, 0.15) is 7.05 Å². The van der Waals surface area contributed by atoms with Crippen LogP contribution in [0.1, 0.15) is 65.9 Å². The largest absolute Gasteiger partial charge is 0.344 e. The van der Waals surface area contributed by atoms with Crippen molar-refractivity contribution in [3.8, 4) is 0 Å². The lowest BCUT2D eigenvalue weighted by Gasteiger charge is -2.27. The Kier molecular flexibility index (Phi) is 6.16. The van der Waals surface area contributed by atoms with Gasteiger partial charge in [-0.05, 0) is 50.8 Å². The third kappa shape index (κ3) is 3.74. The summed E-state index contributed by atoms with van der Waals surface area (Å²) in [5, 5.41) is 0. The first-order chi connectivity index (χ1) is 15.3. The van der Waals surface area contributed by atoms with Gasteiger partial charge in [-0.3, -0.25) is 0 Å². The van der Waals surface area contributed by atoms with E-state index < -0.39 is 0 Å². The molecule has 0 atom stereocenters. The third-order valence-electron chi connectivity index (χ3n) is 7.53. The molecule has 0 fully saturated rings. The van der Waals surface area contributed by atoms with Crippen molar-refractivity contribution in [2.24, 2.45) is 5.41 Å². The molecule has 4 rings (SSSR count). The number of rotatable bonds is 6. The van der Waals surface area contributed by atoms with Crippen molar-refractivity contribution < 1.29 is 4.58 Å². The van der Waals surface area contributed by atoms with Crippen LogP contribution in [0.3, 0.4) is 0 Å². The summed E-state index contributed by atoms with van der Waals surface area (Å²) in [4.78, 5) is 2.53. The van der Waals surface area contributed by atoms with E-state index in [1.165, 1.54) is 47.6 Å². The number of hydrogen-bond donors (Lipinski definition) is 0. The fourth-order valence-corrected chi connectivity index (χ4v) is 5.68. The second-order valence-corrected chi connectivity index (χ2v) is 10.3. The molecule has 2 heterocycles. The minimum Gasteiger partial charge on any atom is -0.344 e. The van der Waals surface area contributed by atoms with E-state index in [1.54, 1.807) is 5.57 Å². The molecule has 32 heavy (non-hydrogen) atoms. The Morgan fingerprint density at radius 1 is 1.03 bits per heavy atom. The van der Waals surface area contributed by atoms with Crippen LogP contribution in [-0.2, 0) is 5.41 Å². The molecule has 1 aliphatic carbocycles. The van der Waals surface area contributed by atoms with E-state index in [9.17, 15) is 0 Å². The summed E-state index contributed by atoms with van der Waals surface area (Å²) >= 11 is 0. The van der Waals surface area contributed by atoms with Gasteiger partial charge in [0.25, 0.3) is 0 Å². The van der Waals surface area contributed by atoms with E-state index in [2.05, 4.69) is 118 Å². The molecular weight excluding hydrogens is 388 g/mol. The molecular formula is C30H39N2+. The minimum absolute atomic E-state index is 0.0239. The Labute approximate surface area is 195 Å². The lowest BCUT2D eigenvalue weighted by Crippen LogP contribution is -2.26. The fraction of sp³-hybridized carbons (Fsp3) is 0.433. The molecule has 1 aromatic carbocycles. The number of unbranched alkanes of at least 4 members (excludes halogenated alkanes) is 1. The first-order valence-electron chi connectivity index (χ1n) is 12.2. The van der Waals surface area contributed by atoms with Crippen LogP contribution in [0, 0.1) is 5.41 Å². The number of hydrogen-bond acceptors (Lipinski definition) is 1. The van der Waals surface area contributed by atoms with Gasteiger partial charge < -0.3 is 4.90 Å². The molecule has 0 bridgehead atoms. The summed E-state index contributed by atoms with van der Waals surface area (Å²) in [7, 11) is 2.20. The van der Waals surface area contributed by atoms with Crippen LogP contribution in [0.5, 0.6) is 0 Å². The Hall–Kier alpha value is -2.61. The summed E-state index contributed by atoms with van der Waals surface area (Å²) in [5.41, 5.74) is 8.67. The molecule has 0 saturated carbocycles. The molecule has 0 amide bonds. The van der Waals surface area contributed by atoms with Gasteiger partial charge in [0.15, 0.2) is 5.71 Å². The third-order valence-corrected chi connectivity index (χ3v) is 7.53. The van der Waals surface area contributed by atoms with Crippen LogP contribution < -0.4 is 4.90 Å². The summed E-state index contributed by atoms with van der Waals surface area (Å²) in [6.07, 6.45) is 20.6. The zero-order chi connectivity index (χ0) is 22.9. The fourth-order valence-electron chi connectivity index (χ4n) is 5.68. The molecule has 0 aromatic heterocycles. The van der Waals surface area contributed by atoms with E-state index in [4.69, 9.17) is 0 Å². The van der Waals surface area contributed by atoms with Gasteiger partial charge in [-0.2, -0.15) is 4.58 Å². The van der Waals surface area contributed by atoms with E-state index in [1.807, 2.05) is 0 Å². The van der Waals surface area contributed by atoms with Crippen LogP contribution in [0.2, 0.25) is 0 Å². The van der Waals surface area contributed by atoms with Gasteiger partial charge in [0, 0.05) is 41.1 Å². The van der Waals surface area contributed by atoms with Crippen molar-refractivity contribution in [2.45, 2.75) is 65.7 Å². The van der Waals surface area contributed by atoms with Crippen LogP contribution >= 0.6 is 0 Å². The molecule has 2 heteroatoms. The Morgan fingerprint density at radius 3 is 2.56 bits per heavy atom. The lowest BCUT2D eigenvalue weighted by atomic mass is 9.77. The van der Waals surface area contributed by atoms with Crippen molar-refractivity contribution >= 4 is 11.4 Å².